The summed E-state index contributed by atoms with van der Waals surface area (Å²) in [5.74, 6) is 0.236. The first-order chi connectivity index (χ1) is 8.60. The minimum absolute atomic E-state index is 0.236. The quantitative estimate of drug-likeness (QED) is 0.843. The lowest BCUT2D eigenvalue weighted by atomic mass is 9.87. The molecular formula is C14H20N2OS. The van der Waals surface area contributed by atoms with E-state index < -0.39 is 0 Å². The maximum Gasteiger partial charge on any atom is 0.263 e. The van der Waals surface area contributed by atoms with Crippen LogP contribution in [0.25, 0.3) is 0 Å². The molecule has 1 aromatic heterocycles. The van der Waals surface area contributed by atoms with E-state index in [1.807, 2.05) is 6.07 Å². The molecule has 1 aromatic rings. The molecule has 3 rings (SSSR count). The molecule has 0 radical (unpaired) electrons. The molecule has 1 unspecified atom stereocenters. The zero-order chi connectivity index (χ0) is 12.8. The smallest absolute Gasteiger partial charge is 0.263 e. The van der Waals surface area contributed by atoms with Crippen molar-refractivity contribution in [2.24, 2.45) is 5.41 Å². The molecule has 2 aliphatic rings. The predicted molar refractivity (Wildman–Crippen MR) is 74.2 cm³/mol. The molecule has 4 heteroatoms. The van der Waals surface area contributed by atoms with Gasteiger partial charge in [-0.25, -0.2) is 0 Å². The molecular weight excluding hydrogens is 244 g/mol. The van der Waals surface area contributed by atoms with Crippen LogP contribution in [0.3, 0.4) is 0 Å². The first-order valence-electron chi connectivity index (χ1n) is 6.67. The van der Waals surface area contributed by atoms with Crippen molar-refractivity contribution in [3.8, 4) is 0 Å². The van der Waals surface area contributed by atoms with Crippen LogP contribution < -0.4 is 5.32 Å². The van der Waals surface area contributed by atoms with E-state index in [0.29, 0.717) is 5.41 Å². The summed E-state index contributed by atoms with van der Waals surface area (Å²) in [6, 6.07) is 2.04. The summed E-state index contributed by atoms with van der Waals surface area (Å²) in [6.45, 7) is 8.22. The first-order valence-corrected chi connectivity index (χ1v) is 7.48. The second kappa shape index (κ2) is 4.35. The summed E-state index contributed by atoms with van der Waals surface area (Å²) in [6.07, 6.45) is 2.38. The van der Waals surface area contributed by atoms with Crippen LogP contribution in [0.2, 0.25) is 0 Å². The number of hydrogen-bond donors (Lipinski definition) is 1. The van der Waals surface area contributed by atoms with Crippen LogP contribution in [0, 0.1) is 19.3 Å². The lowest BCUT2D eigenvalue weighted by molar-refractivity contribution is 0.0780. The second-order valence-corrected chi connectivity index (χ2v) is 7.01. The largest absolute Gasteiger partial charge is 0.337 e. The van der Waals surface area contributed by atoms with Crippen molar-refractivity contribution in [2.75, 3.05) is 26.2 Å². The van der Waals surface area contributed by atoms with Crippen molar-refractivity contribution in [1.82, 2.24) is 10.2 Å². The number of likely N-dealkylation sites (tertiary alicyclic amines) is 1. The van der Waals surface area contributed by atoms with Crippen molar-refractivity contribution in [3.63, 3.8) is 0 Å². The fourth-order valence-corrected chi connectivity index (χ4v) is 4.09. The molecule has 0 aliphatic carbocycles. The lowest BCUT2D eigenvalue weighted by Gasteiger charge is -2.22. The third kappa shape index (κ3) is 1.97. The molecule has 0 aromatic carbocycles. The van der Waals surface area contributed by atoms with Crippen LogP contribution in [0.1, 0.15) is 33.0 Å². The monoisotopic (exact) mass is 264 g/mol. The highest BCUT2D eigenvalue weighted by molar-refractivity contribution is 7.14. The molecule has 98 valence electrons. The molecule has 2 fully saturated rings. The Hall–Kier alpha value is -0.870. The highest BCUT2D eigenvalue weighted by Gasteiger charge is 2.42. The highest BCUT2D eigenvalue weighted by atomic mass is 32.1. The van der Waals surface area contributed by atoms with E-state index in [9.17, 15) is 4.79 Å². The van der Waals surface area contributed by atoms with Crippen molar-refractivity contribution in [2.45, 2.75) is 26.7 Å². The van der Waals surface area contributed by atoms with E-state index in [2.05, 4.69) is 24.1 Å². The average Bonchev–Trinajstić information content (AvgIpc) is 3.04. The molecule has 1 atom stereocenters. The van der Waals surface area contributed by atoms with Crippen LogP contribution in [-0.4, -0.2) is 37.0 Å². The van der Waals surface area contributed by atoms with Gasteiger partial charge in [-0.15, -0.1) is 11.3 Å². The summed E-state index contributed by atoms with van der Waals surface area (Å²) < 4.78 is 0. The SMILES string of the molecule is Cc1cc(C(=O)N2CCC3(CCNC3)C2)sc1C. The Morgan fingerprint density at radius 3 is 2.89 bits per heavy atom. The summed E-state index contributed by atoms with van der Waals surface area (Å²) >= 11 is 1.63. The third-order valence-corrected chi connectivity index (χ3v) is 5.57. The highest BCUT2D eigenvalue weighted by Crippen LogP contribution is 2.37. The first kappa shape index (κ1) is 12.2. The van der Waals surface area contributed by atoms with Gasteiger partial charge in [-0.05, 0) is 44.9 Å². The van der Waals surface area contributed by atoms with Gasteiger partial charge in [0.15, 0.2) is 0 Å². The van der Waals surface area contributed by atoms with Gasteiger partial charge in [-0.1, -0.05) is 0 Å². The van der Waals surface area contributed by atoms with E-state index in [4.69, 9.17) is 0 Å². The topological polar surface area (TPSA) is 32.3 Å². The summed E-state index contributed by atoms with van der Waals surface area (Å²) in [4.78, 5) is 16.7. The van der Waals surface area contributed by atoms with E-state index in [1.165, 1.54) is 16.9 Å². The summed E-state index contributed by atoms with van der Waals surface area (Å²) in [7, 11) is 0. The van der Waals surface area contributed by atoms with Crippen molar-refractivity contribution >= 4 is 17.2 Å². The molecule has 18 heavy (non-hydrogen) atoms. The van der Waals surface area contributed by atoms with Gasteiger partial charge in [0.1, 0.15) is 0 Å². The molecule has 1 N–H and O–H groups in total. The van der Waals surface area contributed by atoms with Gasteiger partial charge in [0.25, 0.3) is 5.91 Å². The van der Waals surface area contributed by atoms with Crippen molar-refractivity contribution in [3.05, 3.63) is 21.4 Å². The molecule has 0 bridgehead atoms. The second-order valence-electron chi connectivity index (χ2n) is 5.75. The molecule has 2 aliphatic heterocycles. The molecule has 1 spiro atoms. The number of rotatable bonds is 1. The minimum atomic E-state index is 0.236. The normalized spacial score (nSPS) is 27.3. The molecule has 0 saturated carbocycles. The maximum absolute atomic E-state index is 12.5. The number of aryl methyl sites for hydroxylation is 2. The standard InChI is InChI=1S/C14H20N2OS/c1-10-7-12(18-11(10)2)13(17)16-6-4-14(9-16)3-5-15-8-14/h7,15H,3-6,8-9H2,1-2H3. The average molecular weight is 264 g/mol. The van der Waals surface area contributed by atoms with Gasteiger partial charge in [-0.3, -0.25) is 4.79 Å². The van der Waals surface area contributed by atoms with Gasteiger partial charge in [-0.2, -0.15) is 0 Å². The van der Waals surface area contributed by atoms with Gasteiger partial charge in [0.05, 0.1) is 4.88 Å². The number of carbonyl (C=O) groups excluding carboxylic acids is 1. The molecule has 2 saturated heterocycles. The number of hydrogen-bond acceptors (Lipinski definition) is 3. The van der Waals surface area contributed by atoms with E-state index in [-0.39, 0.29) is 5.91 Å². The lowest BCUT2D eigenvalue weighted by Crippen LogP contribution is -2.32. The van der Waals surface area contributed by atoms with Gasteiger partial charge >= 0.3 is 0 Å². The van der Waals surface area contributed by atoms with E-state index >= 15 is 0 Å². The van der Waals surface area contributed by atoms with Crippen LogP contribution in [0.5, 0.6) is 0 Å². The van der Waals surface area contributed by atoms with Crippen LogP contribution in [0.4, 0.5) is 0 Å². The zero-order valence-corrected chi connectivity index (χ0v) is 11.9. The predicted octanol–water partition coefficient (Wildman–Crippen LogP) is 2.19. The van der Waals surface area contributed by atoms with Crippen molar-refractivity contribution in [1.29, 1.82) is 0 Å². The Kier molecular flexibility index (Phi) is 2.94. The molecule has 3 heterocycles. The van der Waals surface area contributed by atoms with Crippen LogP contribution in [-0.2, 0) is 0 Å². The van der Waals surface area contributed by atoms with Gasteiger partial charge in [0, 0.05) is 29.9 Å². The zero-order valence-electron chi connectivity index (χ0n) is 11.1. The summed E-state index contributed by atoms with van der Waals surface area (Å²) in [5, 5.41) is 3.43. The van der Waals surface area contributed by atoms with Crippen LogP contribution >= 0.6 is 11.3 Å². The Morgan fingerprint density at radius 2 is 2.28 bits per heavy atom. The number of nitrogens with one attached hydrogen (secondary N) is 1. The van der Waals surface area contributed by atoms with Gasteiger partial charge < -0.3 is 10.2 Å². The van der Waals surface area contributed by atoms with E-state index in [0.717, 1.165) is 37.5 Å². The number of thiophene rings is 1. The van der Waals surface area contributed by atoms with E-state index in [1.54, 1.807) is 11.3 Å². The maximum atomic E-state index is 12.5. The minimum Gasteiger partial charge on any atom is -0.337 e. The summed E-state index contributed by atoms with van der Waals surface area (Å²) in [5.41, 5.74) is 1.61. The Bertz CT molecular complexity index is 455. The number of nitrogens with zero attached hydrogens (tertiary/aromatic N) is 1. The Balaban J connectivity index is 1.74. The Labute approximate surface area is 112 Å². The van der Waals surface area contributed by atoms with Crippen molar-refractivity contribution < 1.29 is 4.79 Å². The number of carbonyl (C=O) groups is 1. The Morgan fingerprint density at radius 1 is 1.44 bits per heavy atom. The fourth-order valence-electron chi connectivity index (χ4n) is 3.09. The van der Waals surface area contributed by atoms with Crippen LogP contribution in [0.15, 0.2) is 6.07 Å². The number of amides is 1. The molecule has 1 amide bonds. The third-order valence-electron chi connectivity index (χ3n) is 4.43. The fraction of sp³-hybridized carbons (Fsp3) is 0.643. The molecule has 3 nitrogen and oxygen atoms in total. The van der Waals surface area contributed by atoms with Gasteiger partial charge in [0.2, 0.25) is 0 Å².